The number of amides is 1. The lowest BCUT2D eigenvalue weighted by Crippen LogP contribution is -2.19. The minimum Gasteiger partial charge on any atom is -0.267 e. The summed E-state index contributed by atoms with van der Waals surface area (Å²) < 4.78 is 0. The van der Waals surface area contributed by atoms with Crippen LogP contribution in [-0.4, -0.2) is 16.5 Å². The molecular formula is C16H15N3O3. The fourth-order valence-electron chi connectivity index (χ4n) is 1.79. The third kappa shape index (κ3) is 3.76. The predicted octanol–water partition coefficient (Wildman–Crippen LogP) is 3.06. The number of hydrogen-bond donors (Lipinski definition) is 1. The van der Waals surface area contributed by atoms with E-state index in [1.165, 1.54) is 12.1 Å². The van der Waals surface area contributed by atoms with Crippen LogP contribution in [0.25, 0.3) is 0 Å². The molecule has 22 heavy (non-hydrogen) atoms. The van der Waals surface area contributed by atoms with Crippen molar-refractivity contribution in [3.8, 4) is 0 Å². The maximum atomic E-state index is 11.9. The lowest BCUT2D eigenvalue weighted by atomic mass is 10.1. The SMILES string of the molecule is C/C(=N\NC(=O)c1ccc(C)cc1)c1ccc([N+](=O)[O-])cc1. The highest BCUT2D eigenvalue weighted by Gasteiger charge is 2.07. The third-order valence-electron chi connectivity index (χ3n) is 3.13. The molecule has 2 aromatic rings. The summed E-state index contributed by atoms with van der Waals surface area (Å²) in [6, 6.07) is 13.1. The fourth-order valence-corrected chi connectivity index (χ4v) is 1.79. The topological polar surface area (TPSA) is 84.6 Å². The van der Waals surface area contributed by atoms with Crippen LogP contribution in [0, 0.1) is 17.0 Å². The number of nitrogens with one attached hydrogen (secondary N) is 1. The van der Waals surface area contributed by atoms with Gasteiger partial charge in [0.2, 0.25) is 0 Å². The lowest BCUT2D eigenvalue weighted by Gasteiger charge is -2.03. The largest absolute Gasteiger partial charge is 0.271 e. The van der Waals surface area contributed by atoms with Crippen LogP contribution in [0.4, 0.5) is 5.69 Å². The molecular weight excluding hydrogens is 282 g/mol. The van der Waals surface area contributed by atoms with Crippen LogP contribution in [0.5, 0.6) is 0 Å². The predicted molar refractivity (Wildman–Crippen MR) is 84.0 cm³/mol. The highest BCUT2D eigenvalue weighted by Crippen LogP contribution is 2.12. The minimum absolute atomic E-state index is 0.0141. The van der Waals surface area contributed by atoms with Gasteiger partial charge >= 0.3 is 0 Å². The second-order valence-electron chi connectivity index (χ2n) is 4.81. The van der Waals surface area contributed by atoms with Crippen molar-refractivity contribution in [1.82, 2.24) is 5.43 Å². The smallest absolute Gasteiger partial charge is 0.267 e. The molecule has 0 aliphatic rings. The van der Waals surface area contributed by atoms with Gasteiger partial charge in [-0.15, -0.1) is 0 Å². The number of carbonyl (C=O) groups excluding carboxylic acids is 1. The summed E-state index contributed by atoms with van der Waals surface area (Å²) in [5.41, 5.74) is 5.34. The molecule has 0 aliphatic carbocycles. The Morgan fingerprint density at radius 3 is 2.14 bits per heavy atom. The number of hydrogen-bond acceptors (Lipinski definition) is 4. The Labute approximate surface area is 127 Å². The highest BCUT2D eigenvalue weighted by molar-refractivity contribution is 6.00. The van der Waals surface area contributed by atoms with Crippen LogP contribution in [0.3, 0.4) is 0 Å². The van der Waals surface area contributed by atoms with Gasteiger partial charge in [0.1, 0.15) is 0 Å². The average molecular weight is 297 g/mol. The third-order valence-corrected chi connectivity index (χ3v) is 3.13. The summed E-state index contributed by atoms with van der Waals surface area (Å²) >= 11 is 0. The number of rotatable bonds is 4. The van der Waals surface area contributed by atoms with Crippen molar-refractivity contribution in [2.24, 2.45) is 5.10 Å². The molecule has 1 amide bonds. The Hall–Kier alpha value is -3.02. The van der Waals surface area contributed by atoms with Gasteiger partial charge < -0.3 is 0 Å². The summed E-state index contributed by atoms with van der Waals surface area (Å²) in [6.45, 7) is 3.66. The first-order valence-electron chi connectivity index (χ1n) is 6.63. The van der Waals surface area contributed by atoms with Crippen LogP contribution >= 0.6 is 0 Å². The van der Waals surface area contributed by atoms with Gasteiger partial charge in [0.25, 0.3) is 11.6 Å². The molecule has 0 atom stereocenters. The van der Waals surface area contributed by atoms with Crippen molar-refractivity contribution in [1.29, 1.82) is 0 Å². The first-order chi connectivity index (χ1) is 10.5. The monoisotopic (exact) mass is 297 g/mol. The number of nitro benzene ring substituents is 1. The average Bonchev–Trinajstić information content (AvgIpc) is 2.53. The molecule has 0 heterocycles. The number of carbonyl (C=O) groups is 1. The first kappa shape index (κ1) is 15.4. The van der Waals surface area contributed by atoms with Crippen LogP contribution in [-0.2, 0) is 0 Å². The molecule has 0 fully saturated rings. The lowest BCUT2D eigenvalue weighted by molar-refractivity contribution is -0.384. The first-order valence-corrected chi connectivity index (χ1v) is 6.63. The maximum Gasteiger partial charge on any atom is 0.271 e. The Bertz CT molecular complexity index is 719. The second-order valence-corrected chi connectivity index (χ2v) is 4.81. The van der Waals surface area contributed by atoms with E-state index in [-0.39, 0.29) is 11.6 Å². The molecule has 0 unspecified atom stereocenters. The van der Waals surface area contributed by atoms with Crippen molar-refractivity contribution < 1.29 is 9.72 Å². The van der Waals surface area contributed by atoms with Crippen molar-refractivity contribution in [2.45, 2.75) is 13.8 Å². The van der Waals surface area contributed by atoms with E-state index in [0.29, 0.717) is 16.8 Å². The number of non-ortho nitro benzene ring substituents is 1. The number of nitro groups is 1. The van der Waals surface area contributed by atoms with Crippen LogP contribution in [0.1, 0.15) is 28.4 Å². The zero-order valence-corrected chi connectivity index (χ0v) is 12.2. The molecule has 0 aliphatic heterocycles. The maximum absolute atomic E-state index is 11.9. The second kappa shape index (κ2) is 6.62. The van der Waals surface area contributed by atoms with Gasteiger partial charge in [-0.1, -0.05) is 17.7 Å². The summed E-state index contributed by atoms with van der Waals surface area (Å²) in [5, 5.41) is 14.6. The zero-order valence-electron chi connectivity index (χ0n) is 12.2. The van der Waals surface area contributed by atoms with E-state index in [1.54, 1.807) is 31.2 Å². The van der Waals surface area contributed by atoms with E-state index in [0.717, 1.165) is 5.56 Å². The fraction of sp³-hybridized carbons (Fsp3) is 0.125. The molecule has 0 aromatic heterocycles. The Morgan fingerprint density at radius 1 is 1.05 bits per heavy atom. The number of benzene rings is 2. The van der Waals surface area contributed by atoms with Crippen molar-refractivity contribution in [3.05, 3.63) is 75.3 Å². The standard InChI is InChI=1S/C16H15N3O3/c1-11-3-5-14(6-4-11)16(20)18-17-12(2)13-7-9-15(10-8-13)19(21)22/h3-10H,1-2H3,(H,18,20)/b17-12+. The molecule has 6 nitrogen and oxygen atoms in total. The number of hydrazone groups is 1. The summed E-state index contributed by atoms with van der Waals surface area (Å²) in [6.07, 6.45) is 0. The molecule has 0 spiro atoms. The van der Waals surface area contributed by atoms with E-state index >= 15 is 0 Å². The van der Waals surface area contributed by atoms with E-state index in [9.17, 15) is 14.9 Å². The number of nitrogens with zero attached hydrogens (tertiary/aromatic N) is 2. The molecule has 0 radical (unpaired) electrons. The summed E-state index contributed by atoms with van der Waals surface area (Å²) in [5.74, 6) is -0.304. The summed E-state index contributed by atoms with van der Waals surface area (Å²) in [7, 11) is 0. The van der Waals surface area contributed by atoms with E-state index < -0.39 is 4.92 Å². The van der Waals surface area contributed by atoms with Gasteiger partial charge in [-0.2, -0.15) is 5.10 Å². The molecule has 1 N–H and O–H groups in total. The quantitative estimate of drug-likeness (QED) is 0.534. The Morgan fingerprint density at radius 2 is 1.59 bits per heavy atom. The molecule has 2 aromatic carbocycles. The molecule has 6 heteroatoms. The van der Waals surface area contributed by atoms with E-state index in [2.05, 4.69) is 10.5 Å². The van der Waals surface area contributed by atoms with E-state index in [1.807, 2.05) is 19.1 Å². The Balaban J connectivity index is 2.07. The minimum atomic E-state index is -0.463. The molecule has 2 rings (SSSR count). The van der Waals surface area contributed by atoms with Crippen molar-refractivity contribution in [3.63, 3.8) is 0 Å². The molecule has 0 bridgehead atoms. The van der Waals surface area contributed by atoms with Crippen LogP contribution in [0.15, 0.2) is 53.6 Å². The van der Waals surface area contributed by atoms with Gasteiger partial charge in [0, 0.05) is 17.7 Å². The van der Waals surface area contributed by atoms with Gasteiger partial charge in [-0.05, 0) is 43.7 Å². The molecule has 0 saturated heterocycles. The van der Waals surface area contributed by atoms with Crippen LogP contribution < -0.4 is 5.43 Å². The van der Waals surface area contributed by atoms with Gasteiger partial charge in [0.15, 0.2) is 0 Å². The van der Waals surface area contributed by atoms with Crippen molar-refractivity contribution >= 4 is 17.3 Å². The van der Waals surface area contributed by atoms with Gasteiger partial charge in [-0.25, -0.2) is 5.43 Å². The van der Waals surface area contributed by atoms with Gasteiger partial charge in [0.05, 0.1) is 10.6 Å². The summed E-state index contributed by atoms with van der Waals surface area (Å²) in [4.78, 5) is 22.1. The van der Waals surface area contributed by atoms with Gasteiger partial charge in [-0.3, -0.25) is 14.9 Å². The Kier molecular flexibility index (Phi) is 4.63. The molecule has 0 saturated carbocycles. The van der Waals surface area contributed by atoms with Crippen LogP contribution in [0.2, 0.25) is 0 Å². The highest BCUT2D eigenvalue weighted by atomic mass is 16.6. The van der Waals surface area contributed by atoms with Crippen molar-refractivity contribution in [2.75, 3.05) is 0 Å². The number of aryl methyl sites for hydroxylation is 1. The normalized spacial score (nSPS) is 11.1. The molecule has 112 valence electrons. The zero-order chi connectivity index (χ0) is 16.1. The van der Waals surface area contributed by atoms with E-state index in [4.69, 9.17) is 0 Å².